The van der Waals surface area contributed by atoms with Crippen LogP contribution >= 0.6 is 0 Å². The van der Waals surface area contributed by atoms with E-state index in [0.29, 0.717) is 18.7 Å². The summed E-state index contributed by atoms with van der Waals surface area (Å²) in [6.07, 6.45) is 14.3. The first-order chi connectivity index (χ1) is 17.1. The van der Waals surface area contributed by atoms with Crippen LogP contribution in [0.25, 0.3) is 0 Å². The van der Waals surface area contributed by atoms with Gasteiger partial charge in [-0.3, -0.25) is 9.59 Å². The predicted molar refractivity (Wildman–Crippen MR) is 143 cm³/mol. The second-order valence-electron chi connectivity index (χ2n) is 9.35. The lowest BCUT2D eigenvalue weighted by Crippen LogP contribution is -2.26. The molecule has 1 amide bonds. The molecule has 0 radical (unpaired) electrons. The van der Waals surface area contributed by atoms with Crippen LogP contribution in [0.3, 0.4) is 0 Å². The minimum atomic E-state index is -0.348. The third-order valence-electron chi connectivity index (χ3n) is 6.10. The van der Waals surface area contributed by atoms with Crippen molar-refractivity contribution in [3.05, 3.63) is 71.3 Å². The predicted octanol–water partition coefficient (Wildman–Crippen LogP) is 7.21. The number of benzene rings is 2. The number of carbonyl (C=O) groups is 2. The normalized spacial score (nSPS) is 10.9. The maximum atomic E-state index is 12.5. The molecular weight excluding hydrogens is 436 g/mol. The highest BCUT2D eigenvalue weighted by Crippen LogP contribution is 2.13. The van der Waals surface area contributed by atoms with Gasteiger partial charge in [0.1, 0.15) is 0 Å². The Balaban J connectivity index is 1.64. The highest BCUT2D eigenvalue weighted by atomic mass is 16.7. The smallest absolute Gasteiger partial charge is 0.322 e. The van der Waals surface area contributed by atoms with Crippen molar-refractivity contribution in [3.63, 3.8) is 0 Å². The molecule has 0 aliphatic rings. The van der Waals surface area contributed by atoms with Gasteiger partial charge in [0, 0.05) is 19.0 Å². The Morgan fingerprint density at radius 3 is 1.77 bits per heavy atom. The van der Waals surface area contributed by atoms with Gasteiger partial charge in [0.05, 0.1) is 13.1 Å². The first-order valence-corrected chi connectivity index (χ1v) is 13.4. The summed E-state index contributed by atoms with van der Waals surface area (Å²) < 4.78 is 0. The highest BCUT2D eigenvalue weighted by Gasteiger charge is 2.12. The SMILES string of the molecule is CCCCCCCCCCCCCNC(=O)c1ccc(CN(Cc2ccccc2)OC(C)=O)cc1. The molecule has 1 N–H and O–H groups in total. The molecule has 35 heavy (non-hydrogen) atoms. The number of hydroxylamine groups is 2. The van der Waals surface area contributed by atoms with E-state index in [-0.39, 0.29) is 11.9 Å². The Kier molecular flexibility index (Phi) is 14.5. The summed E-state index contributed by atoms with van der Waals surface area (Å²) in [4.78, 5) is 29.4. The number of amides is 1. The van der Waals surface area contributed by atoms with E-state index in [2.05, 4.69) is 12.2 Å². The Hall–Kier alpha value is -2.66. The lowest BCUT2D eigenvalue weighted by molar-refractivity contribution is -0.194. The lowest BCUT2D eigenvalue weighted by atomic mass is 10.1. The molecule has 5 nitrogen and oxygen atoms in total. The van der Waals surface area contributed by atoms with Gasteiger partial charge in [-0.25, -0.2) is 0 Å². The van der Waals surface area contributed by atoms with Crippen LogP contribution in [0.1, 0.15) is 106 Å². The Labute approximate surface area is 212 Å². The lowest BCUT2D eigenvalue weighted by Gasteiger charge is -2.20. The number of hydrogen-bond acceptors (Lipinski definition) is 4. The van der Waals surface area contributed by atoms with Gasteiger partial charge in [0.15, 0.2) is 0 Å². The summed E-state index contributed by atoms with van der Waals surface area (Å²) in [7, 11) is 0. The molecule has 192 valence electrons. The molecule has 0 saturated heterocycles. The molecule has 0 aromatic heterocycles. The molecule has 0 unspecified atom stereocenters. The maximum Gasteiger partial charge on any atom is 0.322 e. The van der Waals surface area contributed by atoms with E-state index >= 15 is 0 Å². The molecule has 5 heteroatoms. The van der Waals surface area contributed by atoms with Gasteiger partial charge in [-0.05, 0) is 29.7 Å². The average molecular weight is 481 g/mol. The second-order valence-corrected chi connectivity index (χ2v) is 9.35. The van der Waals surface area contributed by atoms with Gasteiger partial charge in [-0.2, -0.15) is 0 Å². The van der Waals surface area contributed by atoms with Gasteiger partial charge in [0.2, 0.25) is 0 Å². The maximum absolute atomic E-state index is 12.5. The highest BCUT2D eigenvalue weighted by molar-refractivity contribution is 5.94. The Bertz CT molecular complexity index is 836. The first-order valence-electron chi connectivity index (χ1n) is 13.4. The molecule has 0 bridgehead atoms. The molecule has 0 heterocycles. The van der Waals surface area contributed by atoms with E-state index in [9.17, 15) is 9.59 Å². The fraction of sp³-hybridized carbons (Fsp3) is 0.533. The van der Waals surface area contributed by atoms with Crippen LogP contribution in [0.15, 0.2) is 54.6 Å². The van der Waals surface area contributed by atoms with Crippen molar-refractivity contribution in [2.75, 3.05) is 6.54 Å². The van der Waals surface area contributed by atoms with Crippen molar-refractivity contribution >= 4 is 11.9 Å². The molecule has 0 saturated carbocycles. The Morgan fingerprint density at radius 2 is 1.23 bits per heavy atom. The van der Waals surface area contributed by atoms with Crippen LogP contribution in [-0.2, 0) is 22.7 Å². The van der Waals surface area contributed by atoms with E-state index in [4.69, 9.17) is 4.84 Å². The Morgan fingerprint density at radius 1 is 0.714 bits per heavy atom. The molecule has 0 aliphatic heterocycles. The first kappa shape index (κ1) is 28.6. The summed E-state index contributed by atoms with van der Waals surface area (Å²) in [5, 5.41) is 4.67. The van der Waals surface area contributed by atoms with Crippen molar-refractivity contribution < 1.29 is 14.4 Å². The number of rotatable bonds is 18. The standard InChI is InChI=1S/C30H44N2O3/c1-3-4-5-6-7-8-9-10-11-12-16-23-31-30(34)29-21-19-28(20-22-29)25-32(35-26(2)33)24-27-17-14-13-15-18-27/h13-15,17-22H,3-12,16,23-25H2,1-2H3,(H,31,34). The van der Waals surface area contributed by atoms with Crippen molar-refractivity contribution in [1.29, 1.82) is 0 Å². The van der Waals surface area contributed by atoms with Crippen LogP contribution < -0.4 is 5.32 Å². The van der Waals surface area contributed by atoms with Crippen LogP contribution in [0.4, 0.5) is 0 Å². The fourth-order valence-electron chi connectivity index (χ4n) is 4.15. The summed E-state index contributed by atoms with van der Waals surface area (Å²) in [6, 6.07) is 17.4. The number of nitrogens with one attached hydrogen (secondary N) is 1. The summed E-state index contributed by atoms with van der Waals surface area (Å²) >= 11 is 0. The zero-order valence-corrected chi connectivity index (χ0v) is 21.8. The molecule has 2 aromatic rings. The molecule has 0 aliphatic carbocycles. The number of hydrogen-bond donors (Lipinski definition) is 1. The molecule has 0 spiro atoms. The largest absolute Gasteiger partial charge is 0.368 e. The second kappa shape index (κ2) is 17.7. The van der Waals surface area contributed by atoms with E-state index in [1.807, 2.05) is 54.6 Å². The van der Waals surface area contributed by atoms with Crippen LogP contribution in [-0.4, -0.2) is 23.5 Å². The third-order valence-corrected chi connectivity index (χ3v) is 6.10. The number of unbranched alkanes of at least 4 members (excludes halogenated alkanes) is 10. The van der Waals surface area contributed by atoms with Crippen molar-refractivity contribution in [2.24, 2.45) is 0 Å². The van der Waals surface area contributed by atoms with Gasteiger partial charge < -0.3 is 10.2 Å². The summed E-state index contributed by atoms with van der Waals surface area (Å²) in [5.74, 6) is -0.385. The van der Waals surface area contributed by atoms with Crippen LogP contribution in [0, 0.1) is 0 Å². The average Bonchev–Trinajstić information content (AvgIpc) is 2.85. The van der Waals surface area contributed by atoms with E-state index in [1.165, 1.54) is 71.1 Å². The molecular formula is C30H44N2O3. The zero-order valence-electron chi connectivity index (χ0n) is 21.8. The fourth-order valence-corrected chi connectivity index (χ4v) is 4.15. The minimum absolute atomic E-state index is 0.0373. The van der Waals surface area contributed by atoms with Crippen LogP contribution in [0.2, 0.25) is 0 Å². The zero-order chi connectivity index (χ0) is 25.1. The molecule has 0 atom stereocenters. The van der Waals surface area contributed by atoms with E-state index < -0.39 is 0 Å². The van der Waals surface area contributed by atoms with E-state index in [0.717, 1.165) is 24.1 Å². The number of carbonyl (C=O) groups excluding carboxylic acids is 2. The summed E-state index contributed by atoms with van der Waals surface area (Å²) in [5.41, 5.74) is 2.69. The van der Waals surface area contributed by atoms with Gasteiger partial charge in [0.25, 0.3) is 5.91 Å². The summed E-state index contributed by atoms with van der Waals surface area (Å²) in [6.45, 7) is 5.33. The van der Waals surface area contributed by atoms with Gasteiger partial charge in [-0.15, -0.1) is 5.06 Å². The quantitative estimate of drug-likeness (QED) is 0.181. The third kappa shape index (κ3) is 13.1. The molecule has 2 aromatic carbocycles. The monoisotopic (exact) mass is 480 g/mol. The number of nitrogens with zero attached hydrogens (tertiary/aromatic N) is 1. The van der Waals surface area contributed by atoms with Gasteiger partial charge >= 0.3 is 5.97 Å². The van der Waals surface area contributed by atoms with Gasteiger partial charge in [-0.1, -0.05) is 114 Å². The topological polar surface area (TPSA) is 58.6 Å². The minimum Gasteiger partial charge on any atom is -0.368 e. The molecule has 2 rings (SSSR count). The van der Waals surface area contributed by atoms with Crippen molar-refractivity contribution in [1.82, 2.24) is 10.4 Å². The molecule has 0 fully saturated rings. The van der Waals surface area contributed by atoms with E-state index in [1.54, 1.807) is 5.06 Å². The van der Waals surface area contributed by atoms with Crippen LogP contribution in [0.5, 0.6) is 0 Å². The van der Waals surface area contributed by atoms with Crippen molar-refractivity contribution in [3.8, 4) is 0 Å². The van der Waals surface area contributed by atoms with Crippen molar-refractivity contribution in [2.45, 2.75) is 97.6 Å².